The number of hydrogen-bond donors (Lipinski definition) is 0. The molecule has 1 aromatic rings. The molecule has 0 bridgehead atoms. The summed E-state index contributed by atoms with van der Waals surface area (Å²) in [6.07, 6.45) is 0.604. The lowest BCUT2D eigenvalue weighted by atomic mass is 9.84. The van der Waals surface area contributed by atoms with E-state index in [4.69, 9.17) is 16.3 Å². The minimum atomic E-state index is -3.22. The summed E-state index contributed by atoms with van der Waals surface area (Å²) in [5, 5.41) is 0.592. The maximum absolute atomic E-state index is 13.1. The van der Waals surface area contributed by atoms with E-state index < -0.39 is 10.0 Å². The van der Waals surface area contributed by atoms with E-state index in [0.717, 1.165) is 6.54 Å². The Morgan fingerprint density at radius 3 is 2.64 bits per heavy atom. The van der Waals surface area contributed by atoms with E-state index in [1.165, 1.54) is 0 Å². The Bertz CT molecular complexity index is 839. The fourth-order valence-corrected chi connectivity index (χ4v) is 6.38. The number of rotatable bonds is 4. The minimum absolute atomic E-state index is 0.0452. The van der Waals surface area contributed by atoms with Crippen LogP contribution in [0, 0.1) is 0 Å². The van der Waals surface area contributed by atoms with Gasteiger partial charge in [-0.15, -0.1) is 0 Å². The molecule has 3 heterocycles. The SMILES string of the molecule is CCCS(=O)(=O)N1CC2(CN(C(=O)c3ccc(Cl)cc3)CC3COCCN32)C1. The zero-order valence-electron chi connectivity index (χ0n) is 16.0. The summed E-state index contributed by atoms with van der Waals surface area (Å²) in [5.74, 6) is 0.124. The van der Waals surface area contributed by atoms with E-state index in [2.05, 4.69) is 4.90 Å². The van der Waals surface area contributed by atoms with E-state index in [1.807, 2.05) is 11.8 Å². The van der Waals surface area contributed by atoms with Crippen LogP contribution in [-0.4, -0.2) is 91.7 Å². The van der Waals surface area contributed by atoms with E-state index in [0.29, 0.717) is 56.4 Å². The Hall–Kier alpha value is -1.19. The number of amides is 1. The molecule has 0 aliphatic carbocycles. The van der Waals surface area contributed by atoms with Crippen LogP contribution in [0.3, 0.4) is 0 Å². The maximum Gasteiger partial charge on any atom is 0.253 e. The van der Waals surface area contributed by atoms with Crippen molar-refractivity contribution in [1.29, 1.82) is 0 Å². The number of halogens is 1. The highest BCUT2D eigenvalue weighted by atomic mass is 35.5. The maximum atomic E-state index is 13.1. The lowest BCUT2D eigenvalue weighted by Gasteiger charge is -2.62. The smallest absolute Gasteiger partial charge is 0.253 e. The number of ether oxygens (including phenoxy) is 1. The lowest BCUT2D eigenvalue weighted by Crippen LogP contribution is -2.81. The topological polar surface area (TPSA) is 70.2 Å². The van der Waals surface area contributed by atoms with Crippen molar-refractivity contribution >= 4 is 27.5 Å². The van der Waals surface area contributed by atoms with Gasteiger partial charge in [-0.25, -0.2) is 8.42 Å². The third-order valence-electron chi connectivity index (χ3n) is 5.93. The van der Waals surface area contributed by atoms with Crippen molar-refractivity contribution in [2.75, 3.05) is 51.7 Å². The van der Waals surface area contributed by atoms with Crippen molar-refractivity contribution in [1.82, 2.24) is 14.1 Å². The van der Waals surface area contributed by atoms with Crippen molar-refractivity contribution in [2.24, 2.45) is 0 Å². The second-order valence-corrected chi connectivity index (χ2v) is 10.4. The first-order chi connectivity index (χ1) is 13.3. The Morgan fingerprint density at radius 2 is 1.96 bits per heavy atom. The fourth-order valence-electron chi connectivity index (χ4n) is 4.60. The molecule has 0 aromatic heterocycles. The van der Waals surface area contributed by atoms with Gasteiger partial charge in [-0.3, -0.25) is 9.69 Å². The van der Waals surface area contributed by atoms with Crippen LogP contribution >= 0.6 is 11.6 Å². The third-order valence-corrected chi connectivity index (χ3v) is 8.15. The normalized spacial score (nSPS) is 25.4. The van der Waals surface area contributed by atoms with Crippen molar-refractivity contribution in [3.63, 3.8) is 0 Å². The molecule has 0 saturated carbocycles. The summed E-state index contributed by atoms with van der Waals surface area (Å²) in [7, 11) is -3.22. The summed E-state index contributed by atoms with van der Waals surface area (Å²) in [6.45, 7) is 5.85. The average Bonchev–Trinajstić information content (AvgIpc) is 2.65. The second kappa shape index (κ2) is 7.57. The van der Waals surface area contributed by atoms with Crippen molar-refractivity contribution in [3.05, 3.63) is 34.9 Å². The number of sulfonamides is 1. The number of benzene rings is 1. The molecule has 1 unspecified atom stereocenters. The van der Waals surface area contributed by atoms with Gasteiger partial charge in [0.15, 0.2) is 0 Å². The van der Waals surface area contributed by atoms with Gasteiger partial charge in [0.1, 0.15) is 0 Å². The molecule has 28 heavy (non-hydrogen) atoms. The Labute approximate surface area is 171 Å². The zero-order valence-corrected chi connectivity index (χ0v) is 17.6. The molecule has 4 rings (SSSR count). The van der Waals surface area contributed by atoms with Gasteiger partial charge in [0.25, 0.3) is 5.91 Å². The van der Waals surface area contributed by atoms with E-state index in [1.54, 1.807) is 28.6 Å². The van der Waals surface area contributed by atoms with Gasteiger partial charge < -0.3 is 9.64 Å². The summed E-state index contributed by atoms with van der Waals surface area (Å²) in [5.41, 5.74) is 0.273. The molecule has 1 spiro atoms. The molecule has 0 radical (unpaired) electrons. The summed E-state index contributed by atoms with van der Waals surface area (Å²) >= 11 is 5.94. The first-order valence-electron chi connectivity index (χ1n) is 9.72. The molecular weight excluding hydrogens is 402 g/mol. The highest BCUT2D eigenvalue weighted by Crippen LogP contribution is 2.37. The van der Waals surface area contributed by atoms with Gasteiger partial charge in [-0.1, -0.05) is 18.5 Å². The van der Waals surface area contributed by atoms with Crippen molar-refractivity contribution in [2.45, 2.75) is 24.9 Å². The summed E-state index contributed by atoms with van der Waals surface area (Å²) in [4.78, 5) is 17.3. The first-order valence-corrected chi connectivity index (χ1v) is 11.7. The molecular formula is C19H26ClN3O4S. The number of piperazine rings is 1. The summed E-state index contributed by atoms with van der Waals surface area (Å²) in [6, 6.07) is 6.99. The van der Waals surface area contributed by atoms with E-state index >= 15 is 0 Å². The molecule has 3 saturated heterocycles. The Balaban J connectivity index is 1.56. The van der Waals surface area contributed by atoms with Gasteiger partial charge in [-0.2, -0.15) is 4.31 Å². The first kappa shape index (κ1) is 20.1. The van der Waals surface area contributed by atoms with Crippen molar-refractivity contribution in [3.8, 4) is 0 Å². The van der Waals surface area contributed by atoms with Crippen LogP contribution in [0.25, 0.3) is 0 Å². The van der Waals surface area contributed by atoms with Gasteiger partial charge in [0, 0.05) is 43.3 Å². The van der Waals surface area contributed by atoms with Gasteiger partial charge in [-0.05, 0) is 30.7 Å². The Morgan fingerprint density at radius 1 is 1.25 bits per heavy atom. The fraction of sp³-hybridized carbons (Fsp3) is 0.632. The van der Waals surface area contributed by atoms with Crippen molar-refractivity contribution < 1.29 is 17.9 Å². The molecule has 3 aliphatic rings. The largest absolute Gasteiger partial charge is 0.378 e. The van der Waals surface area contributed by atoms with E-state index in [9.17, 15) is 13.2 Å². The van der Waals surface area contributed by atoms with Crippen LogP contribution in [0.4, 0.5) is 0 Å². The highest BCUT2D eigenvalue weighted by molar-refractivity contribution is 7.89. The van der Waals surface area contributed by atoms with Crippen LogP contribution in [0.2, 0.25) is 5.02 Å². The standard InChI is InChI=1S/C19H26ClN3O4S/c1-2-9-28(25,26)22-13-19(14-22)12-21(10-17-11-27-8-7-23(17)19)18(24)15-3-5-16(20)6-4-15/h3-6,17H,2,7-14H2,1H3. The molecule has 3 fully saturated rings. The number of carbonyl (C=O) groups is 1. The molecule has 1 amide bonds. The van der Waals surface area contributed by atoms with Crippen LogP contribution in [-0.2, 0) is 14.8 Å². The van der Waals surface area contributed by atoms with Gasteiger partial charge in [0.05, 0.1) is 30.5 Å². The number of carbonyl (C=O) groups excluding carboxylic acids is 1. The van der Waals surface area contributed by atoms with Gasteiger partial charge >= 0.3 is 0 Å². The van der Waals surface area contributed by atoms with E-state index in [-0.39, 0.29) is 23.2 Å². The van der Waals surface area contributed by atoms with Crippen LogP contribution < -0.4 is 0 Å². The van der Waals surface area contributed by atoms with Gasteiger partial charge in [0.2, 0.25) is 10.0 Å². The highest BCUT2D eigenvalue weighted by Gasteiger charge is 2.57. The number of nitrogens with zero attached hydrogens (tertiary/aromatic N) is 3. The quantitative estimate of drug-likeness (QED) is 0.724. The van der Waals surface area contributed by atoms with Crippen LogP contribution in [0.5, 0.6) is 0 Å². The van der Waals surface area contributed by atoms with Crippen LogP contribution in [0.1, 0.15) is 23.7 Å². The molecule has 1 aromatic carbocycles. The monoisotopic (exact) mass is 427 g/mol. The minimum Gasteiger partial charge on any atom is -0.378 e. The molecule has 7 nitrogen and oxygen atoms in total. The summed E-state index contributed by atoms with van der Waals surface area (Å²) < 4.78 is 32.1. The molecule has 9 heteroatoms. The second-order valence-electron chi connectivity index (χ2n) is 7.92. The molecule has 154 valence electrons. The molecule has 3 aliphatic heterocycles. The van der Waals surface area contributed by atoms with Crippen LogP contribution in [0.15, 0.2) is 24.3 Å². The zero-order chi connectivity index (χ0) is 19.9. The predicted molar refractivity (Wildman–Crippen MR) is 107 cm³/mol. The number of fused-ring (bicyclic) bond motifs is 2. The average molecular weight is 428 g/mol. The number of morpholine rings is 1. The molecule has 0 N–H and O–H groups in total. The third kappa shape index (κ3) is 3.57. The Kier molecular flexibility index (Phi) is 5.43. The predicted octanol–water partition coefficient (Wildman–Crippen LogP) is 1.29. The molecule has 1 atom stereocenters. The lowest BCUT2D eigenvalue weighted by molar-refractivity contribution is -0.141. The number of hydrogen-bond acceptors (Lipinski definition) is 5.